The van der Waals surface area contributed by atoms with Crippen LogP contribution in [0.2, 0.25) is 0 Å². The molecule has 1 atom stereocenters. The van der Waals surface area contributed by atoms with Crippen LogP contribution in [-0.4, -0.2) is 50.1 Å². The van der Waals surface area contributed by atoms with Crippen LogP contribution in [0, 0.1) is 0 Å². The first-order valence-corrected chi connectivity index (χ1v) is 11.3. The van der Waals surface area contributed by atoms with E-state index in [1.165, 1.54) is 12.0 Å². The maximum Gasteiger partial charge on any atom is 0.332 e. The number of nitrogens with zero attached hydrogens (tertiary/aromatic N) is 2. The highest BCUT2D eigenvalue weighted by atomic mass is 16.5. The highest BCUT2D eigenvalue weighted by Gasteiger charge is 2.46. The molecular formula is C27H27N3O6. The van der Waals surface area contributed by atoms with Crippen molar-refractivity contribution >= 4 is 29.2 Å². The van der Waals surface area contributed by atoms with Gasteiger partial charge in [0.15, 0.2) is 0 Å². The Hall–Kier alpha value is -4.53. The lowest BCUT2D eigenvalue weighted by molar-refractivity contribution is -0.124. The van der Waals surface area contributed by atoms with Crippen molar-refractivity contribution in [2.75, 3.05) is 31.5 Å². The zero-order valence-electron chi connectivity index (χ0n) is 20.3. The lowest BCUT2D eigenvalue weighted by atomic mass is 10.1. The average molecular weight is 490 g/mol. The van der Waals surface area contributed by atoms with E-state index < -0.39 is 18.0 Å². The Morgan fingerprint density at radius 1 is 0.778 bits per heavy atom. The summed E-state index contributed by atoms with van der Waals surface area (Å²) in [5.74, 6) is 1.08. The Labute approximate surface area is 209 Å². The monoisotopic (exact) mass is 489 g/mol. The van der Waals surface area contributed by atoms with Crippen molar-refractivity contribution < 1.29 is 28.6 Å². The maximum atomic E-state index is 13.5. The van der Waals surface area contributed by atoms with Crippen LogP contribution in [0.4, 0.5) is 16.2 Å². The smallest absolute Gasteiger partial charge is 0.332 e. The van der Waals surface area contributed by atoms with E-state index >= 15 is 0 Å². The second-order valence-corrected chi connectivity index (χ2v) is 8.13. The van der Waals surface area contributed by atoms with Gasteiger partial charge in [-0.2, -0.15) is 0 Å². The molecule has 1 fully saturated rings. The number of anilines is 2. The van der Waals surface area contributed by atoms with E-state index in [9.17, 15) is 14.4 Å². The van der Waals surface area contributed by atoms with Crippen LogP contribution in [0.15, 0.2) is 72.8 Å². The SMILES string of the molecule is COc1ccc(CN2C(=O)N(c3ccc(OC)cc3)C(=O)[C@@H]2CC(=O)Nc2ccc(OC)cc2)cc1. The van der Waals surface area contributed by atoms with E-state index in [2.05, 4.69) is 5.32 Å². The Morgan fingerprint density at radius 3 is 1.81 bits per heavy atom. The molecule has 0 spiro atoms. The minimum absolute atomic E-state index is 0.154. The first-order valence-electron chi connectivity index (χ1n) is 11.3. The summed E-state index contributed by atoms with van der Waals surface area (Å²) in [4.78, 5) is 42.3. The first kappa shape index (κ1) is 24.6. The molecule has 0 radical (unpaired) electrons. The van der Waals surface area contributed by atoms with Gasteiger partial charge in [0, 0.05) is 12.2 Å². The molecule has 3 aromatic carbocycles. The number of carbonyl (C=O) groups excluding carboxylic acids is 3. The molecule has 1 saturated heterocycles. The van der Waals surface area contributed by atoms with Gasteiger partial charge >= 0.3 is 6.03 Å². The summed E-state index contributed by atoms with van der Waals surface area (Å²) in [6, 6.07) is 19.2. The molecule has 0 bridgehead atoms. The molecule has 4 amide bonds. The quantitative estimate of drug-likeness (QED) is 0.455. The Bertz CT molecular complexity index is 1230. The second-order valence-electron chi connectivity index (χ2n) is 8.13. The molecule has 3 aromatic rings. The molecule has 1 aliphatic heterocycles. The van der Waals surface area contributed by atoms with Crippen LogP contribution in [0.25, 0.3) is 0 Å². The number of carbonyl (C=O) groups is 3. The zero-order chi connectivity index (χ0) is 25.7. The van der Waals surface area contributed by atoms with E-state index in [0.29, 0.717) is 28.6 Å². The third kappa shape index (κ3) is 5.25. The molecule has 0 unspecified atom stereocenters. The second kappa shape index (κ2) is 10.8. The van der Waals surface area contributed by atoms with Crippen molar-refractivity contribution in [3.05, 3.63) is 78.4 Å². The molecule has 0 saturated carbocycles. The van der Waals surface area contributed by atoms with Crippen molar-refractivity contribution in [2.45, 2.75) is 19.0 Å². The van der Waals surface area contributed by atoms with Crippen LogP contribution in [-0.2, 0) is 16.1 Å². The number of benzene rings is 3. The number of hydrogen-bond donors (Lipinski definition) is 1. The minimum atomic E-state index is -0.972. The molecule has 9 heteroatoms. The van der Waals surface area contributed by atoms with E-state index in [4.69, 9.17) is 14.2 Å². The van der Waals surface area contributed by atoms with Gasteiger partial charge in [-0.3, -0.25) is 9.59 Å². The van der Waals surface area contributed by atoms with Gasteiger partial charge in [-0.1, -0.05) is 12.1 Å². The molecule has 186 valence electrons. The van der Waals surface area contributed by atoms with E-state index in [1.54, 1.807) is 74.9 Å². The number of rotatable bonds is 9. The molecular weight excluding hydrogens is 462 g/mol. The molecule has 0 aromatic heterocycles. The van der Waals surface area contributed by atoms with Crippen molar-refractivity contribution in [3.8, 4) is 17.2 Å². The van der Waals surface area contributed by atoms with Crippen molar-refractivity contribution in [2.24, 2.45) is 0 Å². The van der Waals surface area contributed by atoms with Crippen molar-refractivity contribution in [1.29, 1.82) is 0 Å². The van der Waals surface area contributed by atoms with E-state index in [1.807, 2.05) is 12.1 Å². The van der Waals surface area contributed by atoms with Gasteiger partial charge in [0.05, 0.1) is 33.4 Å². The molecule has 1 N–H and O–H groups in total. The first-order chi connectivity index (χ1) is 17.4. The van der Waals surface area contributed by atoms with E-state index in [-0.39, 0.29) is 18.9 Å². The number of imide groups is 1. The Balaban J connectivity index is 1.58. The predicted octanol–water partition coefficient (Wildman–Crippen LogP) is 4.08. The predicted molar refractivity (Wildman–Crippen MR) is 134 cm³/mol. The number of amides is 4. The highest BCUT2D eigenvalue weighted by molar-refractivity contribution is 6.22. The Kier molecular flexibility index (Phi) is 7.39. The number of urea groups is 1. The number of methoxy groups -OCH3 is 3. The lowest BCUT2D eigenvalue weighted by Crippen LogP contribution is -2.37. The molecule has 1 heterocycles. The minimum Gasteiger partial charge on any atom is -0.497 e. The summed E-state index contributed by atoms with van der Waals surface area (Å²) in [5, 5.41) is 2.79. The fourth-order valence-corrected chi connectivity index (χ4v) is 3.97. The average Bonchev–Trinajstić information content (AvgIpc) is 3.13. The summed E-state index contributed by atoms with van der Waals surface area (Å²) >= 11 is 0. The number of nitrogens with one attached hydrogen (secondary N) is 1. The molecule has 1 aliphatic rings. The summed E-state index contributed by atoms with van der Waals surface area (Å²) in [6.07, 6.45) is -0.195. The number of hydrogen-bond acceptors (Lipinski definition) is 6. The zero-order valence-corrected chi connectivity index (χ0v) is 20.3. The summed E-state index contributed by atoms with van der Waals surface area (Å²) < 4.78 is 15.5. The van der Waals surface area contributed by atoms with Gasteiger partial charge in [0.25, 0.3) is 5.91 Å². The summed E-state index contributed by atoms with van der Waals surface area (Å²) in [7, 11) is 4.67. The van der Waals surface area contributed by atoms with Gasteiger partial charge in [-0.25, -0.2) is 9.69 Å². The van der Waals surface area contributed by atoms with Crippen LogP contribution >= 0.6 is 0 Å². The van der Waals surface area contributed by atoms with Crippen molar-refractivity contribution in [3.63, 3.8) is 0 Å². The topological polar surface area (TPSA) is 97.4 Å². The van der Waals surface area contributed by atoms with Crippen LogP contribution < -0.4 is 24.4 Å². The van der Waals surface area contributed by atoms with Crippen LogP contribution in [0.1, 0.15) is 12.0 Å². The molecule has 4 rings (SSSR count). The summed E-state index contributed by atoms with van der Waals surface area (Å²) in [5.41, 5.74) is 1.77. The molecule has 0 aliphatic carbocycles. The largest absolute Gasteiger partial charge is 0.497 e. The van der Waals surface area contributed by atoms with Crippen molar-refractivity contribution in [1.82, 2.24) is 4.90 Å². The lowest BCUT2D eigenvalue weighted by Gasteiger charge is -2.22. The van der Waals surface area contributed by atoms with Crippen LogP contribution in [0.5, 0.6) is 17.2 Å². The van der Waals surface area contributed by atoms with Gasteiger partial charge in [0.2, 0.25) is 5.91 Å². The third-order valence-corrected chi connectivity index (χ3v) is 5.91. The standard InChI is InChI=1S/C27H27N3O6/c1-34-21-10-4-18(5-11-21)17-29-24(16-25(31)28-19-6-12-22(35-2)13-7-19)26(32)30(27(29)33)20-8-14-23(36-3)15-9-20/h4-15,24H,16-17H2,1-3H3,(H,28,31)/t24-/m0/s1. The van der Waals surface area contributed by atoms with Gasteiger partial charge in [0.1, 0.15) is 23.3 Å². The molecule has 36 heavy (non-hydrogen) atoms. The van der Waals surface area contributed by atoms with Gasteiger partial charge in [-0.05, 0) is 66.2 Å². The van der Waals surface area contributed by atoms with Gasteiger partial charge < -0.3 is 24.4 Å². The maximum absolute atomic E-state index is 13.5. The van der Waals surface area contributed by atoms with Crippen LogP contribution in [0.3, 0.4) is 0 Å². The third-order valence-electron chi connectivity index (χ3n) is 5.91. The molecule has 9 nitrogen and oxygen atoms in total. The van der Waals surface area contributed by atoms with Gasteiger partial charge in [-0.15, -0.1) is 0 Å². The Morgan fingerprint density at radius 2 is 1.28 bits per heavy atom. The normalized spacial score (nSPS) is 15.1. The van der Waals surface area contributed by atoms with E-state index in [0.717, 1.165) is 10.5 Å². The highest BCUT2D eigenvalue weighted by Crippen LogP contribution is 2.30. The fourth-order valence-electron chi connectivity index (χ4n) is 3.97. The fraction of sp³-hybridized carbons (Fsp3) is 0.222. The number of ether oxygens (including phenoxy) is 3. The summed E-state index contributed by atoms with van der Waals surface area (Å²) in [6.45, 7) is 0.154.